The minimum absolute atomic E-state index is 0.161. The topological polar surface area (TPSA) is 59.8 Å². The van der Waals surface area contributed by atoms with Crippen LogP contribution in [0, 0.1) is 18.8 Å². The molecule has 2 heterocycles. The Morgan fingerprint density at radius 2 is 2.15 bits per heavy atom. The number of aryl methyl sites for hydroxylation is 2. The molecule has 0 bridgehead atoms. The number of alkyl halides is 1. The summed E-state index contributed by atoms with van der Waals surface area (Å²) >= 11 is 0. The molecule has 5 nitrogen and oxygen atoms in total. The van der Waals surface area contributed by atoms with E-state index in [9.17, 15) is 9.18 Å². The number of hydrogen-bond acceptors (Lipinski definition) is 3. The van der Waals surface area contributed by atoms with Gasteiger partial charge in [-0.05, 0) is 36.8 Å². The third-order valence-electron chi connectivity index (χ3n) is 3.71. The fourth-order valence-electron chi connectivity index (χ4n) is 2.31. The third-order valence-corrected chi connectivity index (χ3v) is 3.71. The molecule has 3 rings (SSSR count). The van der Waals surface area contributed by atoms with E-state index in [1.54, 1.807) is 30.7 Å². The second-order valence-electron chi connectivity index (χ2n) is 5.66. The molecule has 1 N–H and O–H groups in total. The largest absolute Gasteiger partial charge is 0.319 e. The third kappa shape index (κ3) is 4.33. The van der Waals surface area contributed by atoms with Crippen LogP contribution in [0.4, 0.5) is 10.1 Å². The number of pyridine rings is 1. The van der Waals surface area contributed by atoms with Gasteiger partial charge in [0.25, 0.3) is 5.91 Å². The highest BCUT2D eigenvalue weighted by molar-refractivity contribution is 6.04. The first kappa shape index (κ1) is 17.4. The first-order valence-corrected chi connectivity index (χ1v) is 8.08. The van der Waals surface area contributed by atoms with E-state index in [4.69, 9.17) is 0 Å². The number of halogens is 1. The number of carbonyl (C=O) groups is 1. The fourth-order valence-corrected chi connectivity index (χ4v) is 2.31. The van der Waals surface area contributed by atoms with Gasteiger partial charge >= 0.3 is 0 Å². The molecule has 0 unspecified atom stereocenters. The lowest BCUT2D eigenvalue weighted by molar-refractivity contribution is 0.102. The smallest absolute Gasteiger partial charge is 0.255 e. The van der Waals surface area contributed by atoms with Crippen LogP contribution in [-0.4, -0.2) is 27.3 Å². The molecule has 0 aliphatic heterocycles. The molecule has 0 spiro atoms. The Morgan fingerprint density at radius 3 is 2.92 bits per heavy atom. The van der Waals surface area contributed by atoms with Crippen LogP contribution in [0.3, 0.4) is 0 Å². The molecule has 1 amide bonds. The van der Waals surface area contributed by atoms with Crippen molar-refractivity contribution in [3.05, 3.63) is 77.4 Å². The van der Waals surface area contributed by atoms with E-state index in [-0.39, 0.29) is 12.5 Å². The molecule has 0 fully saturated rings. The number of nitrogens with one attached hydrogen (secondary N) is 1. The molecule has 0 aliphatic carbocycles. The first-order chi connectivity index (χ1) is 12.7. The normalized spacial score (nSPS) is 10.1. The molecule has 2 aromatic heterocycles. The lowest BCUT2D eigenvalue weighted by Gasteiger charge is -2.05. The summed E-state index contributed by atoms with van der Waals surface area (Å²) < 4.78 is 13.8. The molecule has 3 aromatic rings. The van der Waals surface area contributed by atoms with Crippen molar-refractivity contribution in [3.63, 3.8) is 0 Å². The van der Waals surface area contributed by atoms with Crippen LogP contribution in [0.1, 0.15) is 27.0 Å². The van der Waals surface area contributed by atoms with Crippen molar-refractivity contribution in [1.29, 1.82) is 0 Å². The number of amides is 1. The van der Waals surface area contributed by atoms with Crippen LogP contribution >= 0.6 is 0 Å². The molecule has 0 aliphatic rings. The molecule has 0 saturated carbocycles. The minimum atomic E-state index is -0.508. The highest BCUT2D eigenvalue weighted by atomic mass is 19.1. The summed E-state index contributed by atoms with van der Waals surface area (Å²) in [7, 11) is 0. The van der Waals surface area contributed by atoms with E-state index in [0.29, 0.717) is 11.3 Å². The van der Waals surface area contributed by atoms with Crippen molar-refractivity contribution >= 4 is 11.6 Å². The predicted octanol–water partition coefficient (Wildman–Crippen LogP) is 3.21. The van der Waals surface area contributed by atoms with Gasteiger partial charge in [-0.25, -0.2) is 4.39 Å². The van der Waals surface area contributed by atoms with Gasteiger partial charge < -0.3 is 5.32 Å². The van der Waals surface area contributed by atoms with Crippen LogP contribution in [0.25, 0.3) is 0 Å². The van der Waals surface area contributed by atoms with Crippen molar-refractivity contribution < 1.29 is 9.18 Å². The number of anilines is 1. The predicted molar refractivity (Wildman–Crippen MR) is 97.6 cm³/mol. The first-order valence-electron chi connectivity index (χ1n) is 8.08. The maximum absolute atomic E-state index is 12.4. The quantitative estimate of drug-likeness (QED) is 0.737. The number of aromatic nitrogens is 3. The zero-order valence-electron chi connectivity index (χ0n) is 14.2. The van der Waals surface area contributed by atoms with Crippen LogP contribution < -0.4 is 5.32 Å². The Labute approximate surface area is 150 Å². The van der Waals surface area contributed by atoms with E-state index in [1.807, 2.05) is 25.1 Å². The number of hydrogen-bond donors (Lipinski definition) is 1. The maximum Gasteiger partial charge on any atom is 0.255 e. The monoisotopic (exact) mass is 348 g/mol. The number of nitrogens with zero attached hydrogens (tertiary/aromatic N) is 3. The molecule has 26 heavy (non-hydrogen) atoms. The lowest BCUT2D eigenvalue weighted by atomic mass is 10.0. The van der Waals surface area contributed by atoms with Gasteiger partial charge in [0.2, 0.25) is 0 Å². The lowest BCUT2D eigenvalue weighted by Crippen LogP contribution is -2.12. The maximum atomic E-state index is 12.4. The fraction of sp³-hybridized carbons (Fsp3) is 0.150. The summed E-state index contributed by atoms with van der Waals surface area (Å²) in [6.45, 7) is 1.59. The van der Waals surface area contributed by atoms with E-state index in [2.05, 4.69) is 27.2 Å². The zero-order valence-corrected chi connectivity index (χ0v) is 14.2. The molecule has 0 atom stereocenters. The Balaban J connectivity index is 1.78. The average molecular weight is 348 g/mol. The van der Waals surface area contributed by atoms with Gasteiger partial charge in [-0.3, -0.25) is 14.5 Å². The summed E-state index contributed by atoms with van der Waals surface area (Å²) in [5.74, 6) is 5.85. The molecule has 0 saturated heterocycles. The summed E-state index contributed by atoms with van der Waals surface area (Å²) in [5, 5.41) is 6.74. The summed E-state index contributed by atoms with van der Waals surface area (Å²) in [6.07, 6.45) is 6.46. The second-order valence-corrected chi connectivity index (χ2v) is 5.66. The SMILES string of the molecule is Cc1ccc(C(=O)Nc2cnn(CCF)c2)cc1C#Cc1cccnc1. The van der Waals surface area contributed by atoms with Crippen molar-refractivity contribution in [2.24, 2.45) is 0 Å². The summed E-state index contributed by atoms with van der Waals surface area (Å²) in [5.41, 5.74) is 3.57. The highest BCUT2D eigenvalue weighted by Gasteiger charge is 2.09. The highest BCUT2D eigenvalue weighted by Crippen LogP contribution is 2.13. The number of rotatable bonds is 4. The van der Waals surface area contributed by atoms with Gasteiger partial charge in [0.1, 0.15) is 6.67 Å². The Morgan fingerprint density at radius 1 is 1.27 bits per heavy atom. The van der Waals surface area contributed by atoms with E-state index < -0.39 is 6.67 Å². The van der Waals surface area contributed by atoms with Gasteiger partial charge in [-0.1, -0.05) is 17.9 Å². The molecule has 1 aromatic carbocycles. The molecule has 0 radical (unpaired) electrons. The van der Waals surface area contributed by atoms with E-state index in [0.717, 1.165) is 16.7 Å². The van der Waals surface area contributed by atoms with Crippen molar-refractivity contribution in [2.75, 3.05) is 12.0 Å². The van der Waals surface area contributed by atoms with Gasteiger partial charge in [0.05, 0.1) is 18.4 Å². The zero-order chi connectivity index (χ0) is 18.4. The van der Waals surface area contributed by atoms with Gasteiger partial charge in [0, 0.05) is 35.3 Å². The number of benzene rings is 1. The van der Waals surface area contributed by atoms with Gasteiger partial charge in [-0.15, -0.1) is 0 Å². The van der Waals surface area contributed by atoms with E-state index in [1.165, 1.54) is 10.9 Å². The van der Waals surface area contributed by atoms with E-state index >= 15 is 0 Å². The molecular weight excluding hydrogens is 331 g/mol. The molecule has 130 valence electrons. The summed E-state index contributed by atoms with van der Waals surface area (Å²) in [4.78, 5) is 16.5. The standard InChI is InChI=1S/C20H17FN4O/c1-15-4-6-18(11-17(15)7-5-16-3-2-9-22-12-16)20(26)24-19-13-23-25(14-19)10-8-21/h2-4,6,9,11-14H,8,10H2,1H3,(H,24,26). The van der Waals surface area contributed by atoms with Crippen molar-refractivity contribution in [3.8, 4) is 11.8 Å². The Kier molecular flexibility index (Phi) is 5.40. The van der Waals surface area contributed by atoms with Gasteiger partial charge in [-0.2, -0.15) is 5.10 Å². The average Bonchev–Trinajstić information content (AvgIpc) is 3.09. The second kappa shape index (κ2) is 8.08. The Bertz CT molecular complexity index is 970. The van der Waals surface area contributed by atoms with Crippen LogP contribution in [0.15, 0.2) is 55.1 Å². The summed E-state index contributed by atoms with van der Waals surface area (Å²) in [6, 6.07) is 9.05. The molecule has 6 heteroatoms. The molecular formula is C20H17FN4O. The minimum Gasteiger partial charge on any atom is -0.319 e. The Hall–Kier alpha value is -3.46. The number of carbonyl (C=O) groups excluding carboxylic acids is 1. The van der Waals surface area contributed by atoms with Crippen molar-refractivity contribution in [1.82, 2.24) is 14.8 Å². The van der Waals surface area contributed by atoms with Crippen molar-refractivity contribution in [2.45, 2.75) is 13.5 Å². The van der Waals surface area contributed by atoms with Crippen LogP contribution in [0.5, 0.6) is 0 Å². The van der Waals surface area contributed by atoms with Crippen LogP contribution in [-0.2, 0) is 6.54 Å². The van der Waals surface area contributed by atoms with Crippen LogP contribution in [0.2, 0.25) is 0 Å². The van der Waals surface area contributed by atoms with Gasteiger partial charge in [0.15, 0.2) is 0 Å².